The molecule has 0 bridgehead atoms. The minimum Gasteiger partial charge on any atom is -0.493 e. The number of nitrogens with zero attached hydrogens (tertiary/aromatic N) is 3. The van der Waals surface area contributed by atoms with Crippen LogP contribution in [0.2, 0.25) is 5.02 Å². The summed E-state index contributed by atoms with van der Waals surface area (Å²) in [6.07, 6.45) is 6.18. The number of halogens is 1. The van der Waals surface area contributed by atoms with Crippen molar-refractivity contribution in [3.8, 4) is 34.4 Å². The van der Waals surface area contributed by atoms with E-state index in [4.69, 9.17) is 25.8 Å². The van der Waals surface area contributed by atoms with Crippen LogP contribution in [0.3, 0.4) is 0 Å². The first-order valence-corrected chi connectivity index (χ1v) is 16.1. The van der Waals surface area contributed by atoms with Gasteiger partial charge in [0, 0.05) is 49.2 Å². The van der Waals surface area contributed by atoms with E-state index in [2.05, 4.69) is 47.1 Å². The summed E-state index contributed by atoms with van der Waals surface area (Å²) in [6, 6.07) is 19.8. The fraction of sp³-hybridized carbons (Fsp3) is 0.351. The van der Waals surface area contributed by atoms with E-state index < -0.39 is 0 Å². The Bertz CT molecular complexity index is 1740. The molecule has 3 aromatic carbocycles. The van der Waals surface area contributed by atoms with E-state index in [1.54, 1.807) is 24.4 Å². The molecule has 238 valence electrons. The smallest absolute Gasteiger partial charge is 0.142 e. The van der Waals surface area contributed by atoms with Crippen LogP contribution >= 0.6 is 11.6 Å². The van der Waals surface area contributed by atoms with Gasteiger partial charge in [0.2, 0.25) is 0 Å². The van der Waals surface area contributed by atoms with Crippen molar-refractivity contribution in [2.75, 3.05) is 26.2 Å². The zero-order valence-corrected chi connectivity index (χ0v) is 26.7. The number of β-amino-alcohol motifs (C(OH)–C–C–N with tert-alkyl or cyclic N) is 1. The van der Waals surface area contributed by atoms with Crippen molar-refractivity contribution in [2.45, 2.75) is 58.0 Å². The number of hydrogen-bond acceptors (Lipinski definition) is 8. The lowest BCUT2D eigenvalue weighted by atomic mass is 9.93. The monoisotopic (exact) mass is 639 g/mol. The molecular weight excluding hydrogens is 602 g/mol. The van der Waals surface area contributed by atoms with Crippen LogP contribution in [-0.2, 0) is 19.6 Å². The average molecular weight is 640 g/mol. The summed E-state index contributed by atoms with van der Waals surface area (Å²) in [6.45, 7) is 5.31. The number of aliphatic hydroxyl groups excluding tert-OH is 2. The fourth-order valence-corrected chi connectivity index (χ4v) is 6.64. The van der Waals surface area contributed by atoms with Crippen LogP contribution in [0.4, 0.5) is 0 Å². The van der Waals surface area contributed by atoms with Gasteiger partial charge in [-0.3, -0.25) is 4.98 Å². The van der Waals surface area contributed by atoms with Crippen LogP contribution in [0.15, 0.2) is 67.0 Å². The number of pyridine rings is 1. The number of benzene rings is 3. The molecule has 2 aliphatic rings. The van der Waals surface area contributed by atoms with Gasteiger partial charge in [-0.1, -0.05) is 41.9 Å². The number of nitriles is 1. The molecule has 1 fully saturated rings. The number of rotatable bonds is 12. The molecule has 0 saturated carbocycles. The Morgan fingerprint density at radius 1 is 1.02 bits per heavy atom. The highest BCUT2D eigenvalue weighted by Gasteiger charge is 2.28. The Hall–Kier alpha value is -4.13. The van der Waals surface area contributed by atoms with Crippen molar-refractivity contribution in [3.63, 3.8) is 0 Å². The average Bonchev–Trinajstić information content (AvgIpc) is 3.69. The molecule has 1 aromatic heterocycles. The summed E-state index contributed by atoms with van der Waals surface area (Å²) in [5.41, 5.74) is 7.55. The lowest BCUT2D eigenvalue weighted by Gasteiger charge is -2.20. The van der Waals surface area contributed by atoms with Crippen LogP contribution in [0.1, 0.15) is 58.7 Å². The Balaban J connectivity index is 1.16. The standard InChI is InChI=1S/C37H38ClN3O5/c1-24-29(5-3-8-34(24)44-14-4-12-41-13-11-28(43)21-41)30-6-2-7-32-31(30)9-10-35(32)46-37-17-36(27(22-42)16-33(37)38)45-23-26-15-25(18-39)19-40-20-26/h2-3,5-8,15-17,19-20,28,35,42-43H,4,9-14,21-23H2,1H3/t28-,35?/m1/s1. The number of fused-ring (bicyclic) bond motifs is 1. The van der Waals surface area contributed by atoms with Crippen LogP contribution in [-0.4, -0.2) is 52.4 Å². The Morgan fingerprint density at radius 3 is 2.67 bits per heavy atom. The lowest BCUT2D eigenvalue weighted by molar-refractivity contribution is 0.173. The number of likely N-dealkylation sites (tertiary alicyclic amines) is 1. The van der Waals surface area contributed by atoms with Crippen LogP contribution in [0.25, 0.3) is 11.1 Å². The molecule has 46 heavy (non-hydrogen) atoms. The van der Waals surface area contributed by atoms with E-state index in [1.165, 1.54) is 17.3 Å². The van der Waals surface area contributed by atoms with Gasteiger partial charge >= 0.3 is 0 Å². The Labute approximate surface area is 274 Å². The van der Waals surface area contributed by atoms with E-state index in [0.29, 0.717) is 34.3 Å². The van der Waals surface area contributed by atoms with E-state index in [-0.39, 0.29) is 25.4 Å². The molecule has 0 spiro atoms. The van der Waals surface area contributed by atoms with Gasteiger partial charge < -0.3 is 29.3 Å². The van der Waals surface area contributed by atoms with Crippen LogP contribution in [0.5, 0.6) is 17.2 Å². The van der Waals surface area contributed by atoms with Gasteiger partial charge in [0.1, 0.15) is 36.0 Å². The quantitative estimate of drug-likeness (QED) is 0.168. The predicted octanol–water partition coefficient (Wildman–Crippen LogP) is 6.56. The summed E-state index contributed by atoms with van der Waals surface area (Å²) in [4.78, 5) is 6.38. The minimum atomic E-state index is -0.244. The third kappa shape index (κ3) is 7.14. The summed E-state index contributed by atoms with van der Waals surface area (Å²) in [5, 5.41) is 29.3. The highest BCUT2D eigenvalue weighted by Crippen LogP contribution is 2.44. The number of aromatic nitrogens is 1. The maximum absolute atomic E-state index is 9.97. The second-order valence-electron chi connectivity index (χ2n) is 11.9. The third-order valence-electron chi connectivity index (χ3n) is 8.79. The van der Waals surface area contributed by atoms with Crippen molar-refractivity contribution in [1.29, 1.82) is 5.26 Å². The SMILES string of the molecule is Cc1c(OCCCN2CC[C@@H](O)C2)cccc1-c1cccc2c1CCC2Oc1cc(OCc2cncc(C#N)c2)c(CO)cc1Cl. The third-order valence-corrected chi connectivity index (χ3v) is 9.08. The number of hydrogen-bond donors (Lipinski definition) is 2. The van der Waals surface area contributed by atoms with E-state index in [0.717, 1.165) is 73.3 Å². The minimum absolute atomic E-state index is 0.178. The second kappa shape index (κ2) is 14.5. The number of aliphatic hydroxyl groups is 2. The van der Waals surface area contributed by atoms with Gasteiger partial charge in [0.25, 0.3) is 0 Å². The summed E-state index contributed by atoms with van der Waals surface area (Å²) >= 11 is 6.64. The molecule has 0 radical (unpaired) electrons. The lowest BCUT2D eigenvalue weighted by Crippen LogP contribution is -2.24. The molecule has 6 rings (SSSR count). The van der Waals surface area contributed by atoms with Gasteiger partial charge in [-0.15, -0.1) is 0 Å². The van der Waals surface area contributed by atoms with E-state index in [9.17, 15) is 15.5 Å². The first kappa shape index (κ1) is 31.8. The van der Waals surface area contributed by atoms with Crippen molar-refractivity contribution < 1.29 is 24.4 Å². The normalized spacial score (nSPS) is 17.5. The zero-order valence-electron chi connectivity index (χ0n) is 25.9. The highest BCUT2D eigenvalue weighted by molar-refractivity contribution is 6.32. The fourth-order valence-electron chi connectivity index (χ4n) is 6.41. The van der Waals surface area contributed by atoms with Gasteiger partial charge in [0.15, 0.2) is 0 Å². The van der Waals surface area contributed by atoms with Gasteiger partial charge in [-0.2, -0.15) is 5.26 Å². The maximum atomic E-state index is 9.97. The summed E-state index contributed by atoms with van der Waals surface area (Å²) in [5.74, 6) is 1.83. The molecule has 8 nitrogen and oxygen atoms in total. The molecule has 9 heteroatoms. The summed E-state index contributed by atoms with van der Waals surface area (Å²) < 4.78 is 18.8. The summed E-state index contributed by atoms with van der Waals surface area (Å²) in [7, 11) is 0. The molecule has 4 aromatic rings. The van der Waals surface area contributed by atoms with E-state index in [1.807, 2.05) is 12.1 Å². The number of ether oxygens (including phenoxy) is 3. The zero-order chi connectivity index (χ0) is 32.0. The molecule has 0 amide bonds. The van der Waals surface area contributed by atoms with Gasteiger partial charge in [0.05, 0.1) is 29.9 Å². The molecule has 2 heterocycles. The van der Waals surface area contributed by atoms with E-state index >= 15 is 0 Å². The molecular formula is C37H38ClN3O5. The van der Waals surface area contributed by atoms with Crippen molar-refractivity contribution >= 4 is 11.6 Å². The molecule has 1 aliphatic heterocycles. The van der Waals surface area contributed by atoms with Crippen LogP contribution in [0, 0.1) is 18.3 Å². The second-order valence-corrected chi connectivity index (χ2v) is 12.3. The molecule has 2 N–H and O–H groups in total. The molecule has 2 atom stereocenters. The van der Waals surface area contributed by atoms with Gasteiger partial charge in [-0.25, -0.2) is 0 Å². The highest BCUT2D eigenvalue weighted by atomic mass is 35.5. The van der Waals surface area contributed by atoms with Gasteiger partial charge in [-0.05, 0) is 78.6 Å². The predicted molar refractivity (Wildman–Crippen MR) is 176 cm³/mol. The first-order valence-electron chi connectivity index (χ1n) is 15.7. The molecule has 1 unspecified atom stereocenters. The van der Waals surface area contributed by atoms with Crippen molar-refractivity contribution in [1.82, 2.24) is 9.88 Å². The largest absolute Gasteiger partial charge is 0.493 e. The topological polar surface area (TPSA) is 108 Å². The van der Waals surface area contributed by atoms with Crippen molar-refractivity contribution in [2.24, 2.45) is 0 Å². The molecule has 1 saturated heterocycles. The maximum Gasteiger partial charge on any atom is 0.142 e. The first-order chi connectivity index (χ1) is 22.4. The Kier molecular flexibility index (Phi) is 10.1. The van der Waals surface area contributed by atoms with Crippen LogP contribution < -0.4 is 14.2 Å². The van der Waals surface area contributed by atoms with Crippen molar-refractivity contribution in [3.05, 3.63) is 105 Å². The molecule has 1 aliphatic carbocycles. The Morgan fingerprint density at radius 2 is 1.87 bits per heavy atom.